The van der Waals surface area contributed by atoms with E-state index in [9.17, 15) is 9.59 Å². The lowest BCUT2D eigenvalue weighted by molar-refractivity contribution is -0.121. The van der Waals surface area contributed by atoms with E-state index in [4.69, 9.17) is 16.3 Å². The zero-order chi connectivity index (χ0) is 20.4. The van der Waals surface area contributed by atoms with Gasteiger partial charge >= 0.3 is 0 Å². The van der Waals surface area contributed by atoms with Crippen molar-refractivity contribution in [3.63, 3.8) is 0 Å². The number of ether oxygens (including phenoxy) is 1. The maximum Gasteiger partial charge on any atom is 0.265 e. The number of nitrogens with one attached hydrogen (secondary N) is 1. The van der Waals surface area contributed by atoms with Crippen molar-refractivity contribution in [1.29, 1.82) is 0 Å². The molecule has 5 nitrogen and oxygen atoms in total. The van der Waals surface area contributed by atoms with Crippen molar-refractivity contribution in [2.45, 2.75) is 6.54 Å². The maximum atomic E-state index is 12.5. The molecule has 0 radical (unpaired) electrons. The summed E-state index contributed by atoms with van der Waals surface area (Å²) < 4.78 is 6.45. The van der Waals surface area contributed by atoms with Crippen molar-refractivity contribution in [3.05, 3.63) is 87.4 Å². The highest BCUT2D eigenvalue weighted by Crippen LogP contribution is 2.35. The molecule has 0 spiro atoms. The van der Waals surface area contributed by atoms with Gasteiger partial charge in [-0.15, -0.1) is 0 Å². The van der Waals surface area contributed by atoms with Crippen LogP contribution in [0.1, 0.15) is 15.9 Å². The fraction of sp³-hybridized carbons (Fsp3) is 0.0909. The summed E-state index contributed by atoms with van der Waals surface area (Å²) in [4.78, 5) is 26.7. The number of hydrogen-bond donors (Lipinski definition) is 1. The molecule has 29 heavy (non-hydrogen) atoms. The van der Waals surface area contributed by atoms with E-state index in [0.29, 0.717) is 34.3 Å². The Morgan fingerprint density at radius 2 is 1.90 bits per heavy atom. The van der Waals surface area contributed by atoms with Crippen LogP contribution in [0, 0.1) is 0 Å². The molecule has 0 fully saturated rings. The molecule has 7 heteroatoms. The number of anilines is 2. The van der Waals surface area contributed by atoms with Gasteiger partial charge in [-0.3, -0.25) is 9.59 Å². The standard InChI is InChI=1S/C22H16BrClN2O3/c23-16-6-4-15(5-7-16)22(28)25-18-8-9-20-19(11-18)26(21(27)13-29-20)12-14-2-1-3-17(24)10-14/h1-11H,12-13H2,(H,25,28). The number of fused-ring (bicyclic) bond motifs is 1. The molecule has 1 aliphatic heterocycles. The first-order valence-electron chi connectivity index (χ1n) is 8.88. The summed E-state index contributed by atoms with van der Waals surface area (Å²) in [6, 6.07) is 19.7. The van der Waals surface area contributed by atoms with E-state index < -0.39 is 0 Å². The second kappa shape index (κ2) is 8.27. The third kappa shape index (κ3) is 4.44. The van der Waals surface area contributed by atoms with Crippen molar-refractivity contribution in [2.75, 3.05) is 16.8 Å². The molecule has 3 aromatic carbocycles. The fourth-order valence-electron chi connectivity index (χ4n) is 3.08. The minimum atomic E-state index is -0.234. The van der Waals surface area contributed by atoms with Gasteiger partial charge in [0, 0.05) is 20.7 Å². The molecule has 2 amide bonds. The van der Waals surface area contributed by atoms with E-state index in [0.717, 1.165) is 10.0 Å². The predicted octanol–water partition coefficient (Wildman–Crippen LogP) is 5.28. The summed E-state index contributed by atoms with van der Waals surface area (Å²) in [5.74, 6) is 0.198. The van der Waals surface area contributed by atoms with Crippen LogP contribution >= 0.6 is 27.5 Å². The van der Waals surface area contributed by atoms with Gasteiger partial charge in [-0.25, -0.2) is 0 Å². The largest absolute Gasteiger partial charge is 0.482 e. The minimum absolute atomic E-state index is 0.0296. The van der Waals surface area contributed by atoms with E-state index in [1.807, 2.05) is 18.2 Å². The van der Waals surface area contributed by atoms with Gasteiger partial charge in [0.05, 0.1) is 12.2 Å². The lowest BCUT2D eigenvalue weighted by Crippen LogP contribution is -2.38. The van der Waals surface area contributed by atoms with Gasteiger partial charge in [0.25, 0.3) is 11.8 Å². The van der Waals surface area contributed by atoms with Gasteiger partial charge in [-0.1, -0.05) is 39.7 Å². The molecule has 0 aromatic heterocycles. The highest BCUT2D eigenvalue weighted by molar-refractivity contribution is 9.10. The monoisotopic (exact) mass is 470 g/mol. The van der Waals surface area contributed by atoms with Gasteiger partial charge in [0.2, 0.25) is 0 Å². The van der Waals surface area contributed by atoms with Crippen LogP contribution in [0.15, 0.2) is 71.2 Å². The van der Waals surface area contributed by atoms with Crippen LogP contribution in [0.3, 0.4) is 0 Å². The zero-order valence-corrected chi connectivity index (χ0v) is 17.5. The summed E-state index contributed by atoms with van der Waals surface area (Å²) in [6.45, 7) is 0.331. The SMILES string of the molecule is O=C(Nc1ccc2c(c1)N(Cc1cccc(Cl)c1)C(=O)CO2)c1ccc(Br)cc1. The van der Waals surface area contributed by atoms with Crippen LogP contribution in [0.5, 0.6) is 5.75 Å². The highest BCUT2D eigenvalue weighted by Gasteiger charge is 2.26. The maximum absolute atomic E-state index is 12.5. The summed E-state index contributed by atoms with van der Waals surface area (Å²) in [7, 11) is 0. The molecule has 0 atom stereocenters. The third-order valence-electron chi connectivity index (χ3n) is 4.50. The Bertz CT molecular complexity index is 1090. The Morgan fingerprint density at radius 3 is 2.66 bits per heavy atom. The van der Waals surface area contributed by atoms with E-state index in [-0.39, 0.29) is 18.4 Å². The number of nitrogens with zero attached hydrogens (tertiary/aromatic N) is 1. The Labute approximate surface area is 181 Å². The van der Waals surface area contributed by atoms with Gasteiger partial charge in [0.1, 0.15) is 5.75 Å². The molecule has 0 aliphatic carbocycles. The van der Waals surface area contributed by atoms with Gasteiger partial charge in [-0.05, 0) is 60.2 Å². The quantitative estimate of drug-likeness (QED) is 0.563. The average molecular weight is 472 g/mol. The van der Waals surface area contributed by atoms with Crippen LogP contribution in [-0.2, 0) is 11.3 Å². The van der Waals surface area contributed by atoms with Crippen molar-refractivity contribution >= 4 is 50.7 Å². The zero-order valence-electron chi connectivity index (χ0n) is 15.2. The molecular formula is C22H16BrClN2O3. The lowest BCUT2D eigenvalue weighted by Gasteiger charge is -2.30. The smallest absolute Gasteiger partial charge is 0.265 e. The van der Waals surface area contributed by atoms with Crippen molar-refractivity contribution < 1.29 is 14.3 Å². The first-order valence-corrected chi connectivity index (χ1v) is 10.1. The summed E-state index contributed by atoms with van der Waals surface area (Å²) >= 11 is 9.43. The van der Waals surface area contributed by atoms with Crippen LogP contribution in [0.4, 0.5) is 11.4 Å². The molecule has 1 aliphatic rings. The number of hydrogen-bond acceptors (Lipinski definition) is 3. The highest BCUT2D eigenvalue weighted by atomic mass is 79.9. The molecule has 1 heterocycles. The van der Waals surface area contributed by atoms with Crippen LogP contribution < -0.4 is 15.0 Å². The summed E-state index contributed by atoms with van der Waals surface area (Å²) in [5, 5.41) is 3.48. The molecular weight excluding hydrogens is 456 g/mol. The number of rotatable bonds is 4. The summed E-state index contributed by atoms with van der Waals surface area (Å²) in [6.07, 6.45) is 0. The van der Waals surface area contributed by atoms with Crippen LogP contribution in [-0.4, -0.2) is 18.4 Å². The van der Waals surface area contributed by atoms with Crippen LogP contribution in [0.2, 0.25) is 5.02 Å². The Hall–Kier alpha value is -2.83. The van der Waals surface area contributed by atoms with Crippen molar-refractivity contribution in [1.82, 2.24) is 0 Å². The molecule has 3 aromatic rings. The number of carbonyl (C=O) groups excluding carboxylic acids is 2. The lowest BCUT2D eigenvalue weighted by atomic mass is 10.1. The van der Waals surface area contributed by atoms with Gasteiger partial charge in [-0.2, -0.15) is 0 Å². The van der Waals surface area contributed by atoms with E-state index >= 15 is 0 Å². The average Bonchev–Trinajstić information content (AvgIpc) is 2.71. The second-order valence-corrected chi connectivity index (χ2v) is 7.89. The second-order valence-electron chi connectivity index (χ2n) is 6.54. The number of benzene rings is 3. The molecule has 0 saturated carbocycles. The Morgan fingerprint density at radius 1 is 1.10 bits per heavy atom. The first kappa shape index (κ1) is 19.5. The minimum Gasteiger partial charge on any atom is -0.482 e. The van der Waals surface area contributed by atoms with E-state index in [1.165, 1.54) is 0 Å². The number of carbonyl (C=O) groups is 2. The van der Waals surface area contributed by atoms with Crippen molar-refractivity contribution in [3.8, 4) is 5.75 Å². The topological polar surface area (TPSA) is 58.6 Å². The fourth-order valence-corrected chi connectivity index (χ4v) is 3.55. The molecule has 0 unspecified atom stereocenters. The normalized spacial score (nSPS) is 12.9. The third-order valence-corrected chi connectivity index (χ3v) is 5.26. The van der Waals surface area contributed by atoms with E-state index in [1.54, 1.807) is 53.4 Å². The van der Waals surface area contributed by atoms with Crippen molar-refractivity contribution in [2.24, 2.45) is 0 Å². The Balaban J connectivity index is 1.60. The predicted molar refractivity (Wildman–Crippen MR) is 117 cm³/mol. The number of halogens is 2. The Kier molecular flexibility index (Phi) is 5.56. The molecule has 4 rings (SSSR count). The van der Waals surface area contributed by atoms with Crippen LogP contribution in [0.25, 0.3) is 0 Å². The number of amides is 2. The van der Waals surface area contributed by atoms with E-state index in [2.05, 4.69) is 21.2 Å². The van der Waals surface area contributed by atoms with Gasteiger partial charge < -0.3 is 15.0 Å². The molecule has 0 bridgehead atoms. The molecule has 146 valence electrons. The molecule has 1 N–H and O–H groups in total. The molecule has 0 saturated heterocycles. The summed E-state index contributed by atoms with van der Waals surface area (Å²) in [5.41, 5.74) is 2.62. The van der Waals surface area contributed by atoms with Gasteiger partial charge in [0.15, 0.2) is 6.61 Å². The first-order chi connectivity index (χ1) is 14.0.